The van der Waals surface area contributed by atoms with Crippen molar-refractivity contribution in [2.75, 3.05) is 42.4 Å². The summed E-state index contributed by atoms with van der Waals surface area (Å²) >= 11 is 0. The summed E-state index contributed by atoms with van der Waals surface area (Å²) in [4.78, 5) is 65.6. The van der Waals surface area contributed by atoms with Gasteiger partial charge in [0.25, 0.3) is 11.8 Å². The van der Waals surface area contributed by atoms with Crippen molar-refractivity contribution < 1.29 is 33.8 Å². The van der Waals surface area contributed by atoms with Gasteiger partial charge in [0, 0.05) is 31.1 Å². The molecule has 0 saturated carbocycles. The third-order valence-corrected chi connectivity index (χ3v) is 8.27. The largest absolute Gasteiger partial charge is 0.507 e. The summed E-state index contributed by atoms with van der Waals surface area (Å²) in [6, 6.07) is 12.2. The second-order valence-electron chi connectivity index (χ2n) is 11.3. The van der Waals surface area contributed by atoms with Gasteiger partial charge in [0.15, 0.2) is 5.82 Å². The molecule has 3 aliphatic heterocycles. The van der Waals surface area contributed by atoms with Crippen LogP contribution in [0.15, 0.2) is 48.5 Å². The smallest absolute Gasteiger partial charge is 0.264 e. The third kappa shape index (κ3) is 6.60. The van der Waals surface area contributed by atoms with Crippen LogP contribution in [-0.2, 0) is 19.1 Å². The van der Waals surface area contributed by atoms with Crippen molar-refractivity contribution in [3.05, 3.63) is 59.7 Å². The number of phenols is 1. The monoisotopic (exact) mass is 643 g/mol. The molecule has 6 rings (SSSR count). The highest BCUT2D eigenvalue weighted by Gasteiger charge is 2.45. The Balaban J connectivity index is 0.948. The minimum Gasteiger partial charge on any atom is -0.507 e. The molecule has 0 aliphatic carbocycles. The van der Waals surface area contributed by atoms with Crippen molar-refractivity contribution in [1.29, 1.82) is 0 Å². The lowest BCUT2D eigenvalue weighted by atomic mass is 10.0. The van der Waals surface area contributed by atoms with Gasteiger partial charge in [0.2, 0.25) is 17.7 Å². The molecule has 16 heteroatoms. The number of fused-ring (bicyclic) bond motifs is 1. The first-order valence-electron chi connectivity index (χ1n) is 15.1. The number of nitrogens with two attached hydrogens (primary N) is 1. The quantitative estimate of drug-likeness (QED) is 0.0768. The van der Waals surface area contributed by atoms with Crippen LogP contribution < -0.4 is 32.1 Å². The van der Waals surface area contributed by atoms with Gasteiger partial charge in [-0.2, -0.15) is 0 Å². The fraction of sp³-hybridized carbons (Fsp3) is 0.323. The number of imide groups is 2. The fourth-order valence-corrected chi connectivity index (χ4v) is 5.92. The number of nitrogens with one attached hydrogen (secondary N) is 4. The molecule has 47 heavy (non-hydrogen) atoms. The van der Waals surface area contributed by atoms with Crippen molar-refractivity contribution in [1.82, 2.24) is 31.3 Å². The molecule has 0 bridgehead atoms. The highest BCUT2D eigenvalue weighted by atomic mass is 16.5. The molecule has 4 heterocycles. The average Bonchev–Trinajstić information content (AvgIpc) is 3.31. The van der Waals surface area contributed by atoms with Crippen LogP contribution in [0.4, 0.5) is 17.2 Å². The van der Waals surface area contributed by atoms with E-state index in [1.165, 1.54) is 18.2 Å². The number of hydrogen-bond acceptors (Lipinski definition) is 13. The Hall–Kier alpha value is -5.45. The van der Waals surface area contributed by atoms with Crippen molar-refractivity contribution in [3.8, 4) is 17.0 Å². The van der Waals surface area contributed by atoms with E-state index in [1.54, 1.807) is 18.2 Å². The predicted molar refractivity (Wildman–Crippen MR) is 168 cm³/mol. The molecule has 1 unspecified atom stereocenters. The van der Waals surface area contributed by atoms with Crippen molar-refractivity contribution >= 4 is 46.7 Å². The van der Waals surface area contributed by atoms with Crippen LogP contribution in [0.25, 0.3) is 11.3 Å². The van der Waals surface area contributed by atoms with E-state index in [9.17, 15) is 29.1 Å². The summed E-state index contributed by atoms with van der Waals surface area (Å²) in [5.74, 6) is -2.67. The maximum atomic E-state index is 13.2. The lowest BCUT2D eigenvalue weighted by molar-refractivity contribution is -0.136. The Morgan fingerprint density at radius 1 is 1.00 bits per heavy atom. The number of phenolic OH excluding ortho intramolecular Hbond substituents is 1. The number of carbonyl (C=O) groups excluding carboxylic acids is 5. The first-order chi connectivity index (χ1) is 22.7. The standard InChI is InChI=1S/C31H33N9O7/c32-28-23(14-21(37-38-28)18-4-1-2-7-24(18)41)39-12-10-17(11-13-39)36-33-16-47-15-26(43)34-20-6-3-5-19-27(20)31(46)40(30(19)45)22-8-9-25(42)35-29(22)44/h1-7,14,17,22,33,36,41H,8-13,15-16H2,(H2,32,38)(H,34,43)(H,35,42,44). The number of aromatic nitrogens is 2. The van der Waals surface area contributed by atoms with E-state index in [2.05, 4.69) is 36.6 Å². The Morgan fingerprint density at radius 3 is 2.53 bits per heavy atom. The first kappa shape index (κ1) is 31.5. The van der Waals surface area contributed by atoms with E-state index in [1.807, 2.05) is 12.1 Å². The lowest BCUT2D eigenvalue weighted by Gasteiger charge is -2.34. The number of benzene rings is 2. The van der Waals surface area contributed by atoms with Crippen LogP contribution in [0.5, 0.6) is 5.75 Å². The number of hydrazine groups is 1. The number of para-hydroxylation sites is 1. The molecule has 16 nitrogen and oxygen atoms in total. The normalized spacial score (nSPS) is 18.3. The summed E-state index contributed by atoms with van der Waals surface area (Å²) in [5.41, 5.74) is 14.3. The highest BCUT2D eigenvalue weighted by Crippen LogP contribution is 2.33. The molecular formula is C31H33N9O7. The van der Waals surface area contributed by atoms with Crippen LogP contribution in [0.3, 0.4) is 0 Å². The Bertz CT molecular complexity index is 1740. The molecular weight excluding hydrogens is 610 g/mol. The number of nitrogens with zero attached hydrogens (tertiary/aromatic N) is 4. The van der Waals surface area contributed by atoms with Crippen LogP contribution in [0.1, 0.15) is 46.4 Å². The van der Waals surface area contributed by atoms with Gasteiger partial charge >= 0.3 is 0 Å². The summed E-state index contributed by atoms with van der Waals surface area (Å²) < 4.78 is 5.44. The summed E-state index contributed by atoms with van der Waals surface area (Å²) in [6.45, 7) is 1.08. The zero-order valence-corrected chi connectivity index (χ0v) is 25.2. The molecule has 1 atom stereocenters. The minimum absolute atomic E-state index is 0.00792. The van der Waals surface area contributed by atoms with Gasteiger partial charge in [0.1, 0.15) is 25.1 Å². The molecule has 3 aromatic rings. The van der Waals surface area contributed by atoms with E-state index in [0.29, 0.717) is 30.2 Å². The summed E-state index contributed by atoms with van der Waals surface area (Å²) in [5, 5.41) is 23.2. The summed E-state index contributed by atoms with van der Waals surface area (Å²) in [6.07, 6.45) is 1.60. The highest BCUT2D eigenvalue weighted by molar-refractivity contribution is 6.26. The third-order valence-electron chi connectivity index (χ3n) is 8.27. The molecule has 2 aromatic carbocycles. The number of hydrogen-bond donors (Lipinski definition) is 6. The fourth-order valence-electron chi connectivity index (χ4n) is 5.92. The number of aromatic hydroxyl groups is 1. The van der Waals surface area contributed by atoms with E-state index >= 15 is 0 Å². The lowest BCUT2D eigenvalue weighted by Crippen LogP contribution is -2.54. The van der Waals surface area contributed by atoms with Gasteiger partial charge in [-0.25, -0.2) is 5.43 Å². The SMILES string of the molecule is Nc1nnc(-c2ccccc2O)cc1N1CCC(NNCOCC(=O)Nc2cccc3c2C(=O)N(C2CCC(=O)NC2=O)C3=O)CC1. The van der Waals surface area contributed by atoms with Crippen LogP contribution in [0, 0.1) is 0 Å². The predicted octanol–water partition coefficient (Wildman–Crippen LogP) is 0.508. The van der Waals surface area contributed by atoms with E-state index in [4.69, 9.17) is 10.5 Å². The number of amides is 5. The Morgan fingerprint density at radius 2 is 1.77 bits per heavy atom. The number of nitrogen functional groups attached to an aromatic ring is 1. The van der Waals surface area contributed by atoms with Crippen LogP contribution in [-0.4, -0.2) is 88.3 Å². The van der Waals surface area contributed by atoms with Gasteiger partial charge in [0.05, 0.1) is 28.2 Å². The van der Waals surface area contributed by atoms with Gasteiger partial charge in [-0.3, -0.25) is 39.6 Å². The van der Waals surface area contributed by atoms with Gasteiger partial charge in [-0.1, -0.05) is 18.2 Å². The zero-order chi connectivity index (χ0) is 33.1. The number of rotatable bonds is 10. The first-order valence-corrected chi connectivity index (χ1v) is 15.1. The molecule has 0 spiro atoms. The Labute approximate surface area is 268 Å². The zero-order valence-electron chi connectivity index (χ0n) is 25.2. The van der Waals surface area contributed by atoms with Crippen molar-refractivity contribution in [3.63, 3.8) is 0 Å². The van der Waals surface area contributed by atoms with Crippen LogP contribution in [0.2, 0.25) is 0 Å². The van der Waals surface area contributed by atoms with Gasteiger partial charge < -0.3 is 25.8 Å². The molecule has 5 amide bonds. The molecule has 2 saturated heterocycles. The number of carbonyl (C=O) groups is 5. The van der Waals surface area contributed by atoms with Gasteiger partial charge in [-0.05, 0) is 49.6 Å². The second kappa shape index (κ2) is 13.5. The molecule has 3 aliphatic rings. The van der Waals surface area contributed by atoms with Crippen molar-refractivity contribution in [2.24, 2.45) is 0 Å². The molecule has 244 valence electrons. The number of anilines is 3. The molecule has 0 radical (unpaired) electrons. The molecule has 2 fully saturated rings. The minimum atomic E-state index is -1.11. The topological polar surface area (TPSA) is 221 Å². The van der Waals surface area contributed by atoms with E-state index in [-0.39, 0.29) is 54.8 Å². The summed E-state index contributed by atoms with van der Waals surface area (Å²) in [7, 11) is 0. The number of piperidine rings is 2. The second-order valence-corrected chi connectivity index (χ2v) is 11.3. The Kier molecular flexibility index (Phi) is 9.05. The van der Waals surface area contributed by atoms with Crippen LogP contribution >= 0.6 is 0 Å². The van der Waals surface area contributed by atoms with Crippen molar-refractivity contribution in [2.45, 2.75) is 37.8 Å². The maximum absolute atomic E-state index is 13.2. The van der Waals surface area contributed by atoms with Gasteiger partial charge in [-0.15, -0.1) is 10.2 Å². The molecule has 1 aromatic heterocycles. The average molecular weight is 644 g/mol. The van der Waals surface area contributed by atoms with E-state index < -0.39 is 35.6 Å². The maximum Gasteiger partial charge on any atom is 0.264 e. The molecule has 7 N–H and O–H groups in total. The number of ether oxygens (including phenoxy) is 1. The van der Waals surface area contributed by atoms with E-state index in [0.717, 1.165) is 23.4 Å².